The Kier molecular flexibility index (Phi) is 3.38. The van der Waals surface area contributed by atoms with Gasteiger partial charge in [-0.2, -0.15) is 0 Å². The van der Waals surface area contributed by atoms with Gasteiger partial charge in [-0.25, -0.2) is 9.97 Å². The fourth-order valence-electron chi connectivity index (χ4n) is 3.60. The number of fused-ring (bicyclic) bond motifs is 1. The molecule has 0 saturated carbocycles. The van der Waals surface area contributed by atoms with Gasteiger partial charge >= 0.3 is 0 Å². The molecule has 0 amide bonds. The van der Waals surface area contributed by atoms with Crippen LogP contribution >= 0.6 is 0 Å². The van der Waals surface area contributed by atoms with Gasteiger partial charge in [0, 0.05) is 48.1 Å². The largest absolute Gasteiger partial charge is 0.381 e. The molecule has 2 aliphatic heterocycles. The Balaban J connectivity index is 1.70. The molecule has 1 fully saturated rings. The van der Waals surface area contributed by atoms with E-state index in [4.69, 9.17) is 4.74 Å². The van der Waals surface area contributed by atoms with Crippen LogP contribution in [-0.2, 0) is 10.2 Å². The van der Waals surface area contributed by atoms with Crippen LogP contribution < -0.4 is 4.90 Å². The molecule has 4 nitrogen and oxygen atoms in total. The molecule has 0 atom stereocenters. The molecule has 0 unspecified atom stereocenters. The third kappa shape index (κ3) is 2.61. The quantitative estimate of drug-likeness (QED) is 0.873. The van der Waals surface area contributed by atoms with Crippen LogP contribution in [0.15, 0.2) is 30.6 Å². The van der Waals surface area contributed by atoms with Gasteiger partial charge in [-0.1, -0.05) is 26.0 Å². The first-order valence-corrected chi connectivity index (χ1v) is 8.29. The number of aromatic nitrogens is 2. The molecule has 1 saturated heterocycles. The zero-order valence-electron chi connectivity index (χ0n) is 14.0. The molecule has 23 heavy (non-hydrogen) atoms. The van der Waals surface area contributed by atoms with Crippen molar-refractivity contribution in [2.24, 2.45) is 5.92 Å². The van der Waals surface area contributed by atoms with Gasteiger partial charge in [-0.3, -0.25) is 0 Å². The maximum Gasteiger partial charge on any atom is 0.125 e. The van der Waals surface area contributed by atoms with Crippen LogP contribution in [0, 0.1) is 12.8 Å². The summed E-state index contributed by atoms with van der Waals surface area (Å²) in [6.07, 6.45) is 3.82. The molecule has 0 spiro atoms. The van der Waals surface area contributed by atoms with Gasteiger partial charge in [0.2, 0.25) is 0 Å². The van der Waals surface area contributed by atoms with Crippen LogP contribution in [0.3, 0.4) is 0 Å². The molecule has 4 heteroatoms. The first kappa shape index (κ1) is 14.6. The van der Waals surface area contributed by atoms with Gasteiger partial charge in [0.1, 0.15) is 5.82 Å². The Morgan fingerprint density at radius 1 is 1.17 bits per heavy atom. The molecule has 4 rings (SSSR count). The van der Waals surface area contributed by atoms with Crippen LogP contribution in [0.4, 0.5) is 5.69 Å². The van der Waals surface area contributed by atoms with Gasteiger partial charge < -0.3 is 9.64 Å². The van der Waals surface area contributed by atoms with E-state index < -0.39 is 0 Å². The smallest absolute Gasteiger partial charge is 0.125 e. The maximum absolute atomic E-state index is 5.35. The number of nitrogens with zero attached hydrogens (tertiary/aromatic N) is 3. The third-order valence-electron chi connectivity index (χ3n) is 4.95. The Morgan fingerprint density at radius 2 is 1.91 bits per heavy atom. The first-order valence-electron chi connectivity index (χ1n) is 8.29. The first-order chi connectivity index (χ1) is 11.0. The molecule has 1 aromatic heterocycles. The molecule has 0 radical (unpaired) electrons. The molecule has 120 valence electrons. The molecule has 1 aromatic carbocycles. The van der Waals surface area contributed by atoms with Crippen molar-refractivity contribution in [2.75, 3.05) is 31.2 Å². The van der Waals surface area contributed by atoms with Crippen LogP contribution in [0.25, 0.3) is 11.1 Å². The number of ether oxygens (including phenoxy) is 1. The molecular formula is C19H23N3O. The number of anilines is 1. The van der Waals surface area contributed by atoms with E-state index in [1.807, 2.05) is 19.3 Å². The topological polar surface area (TPSA) is 38.2 Å². The Bertz CT molecular complexity index is 720. The minimum Gasteiger partial charge on any atom is -0.381 e. The summed E-state index contributed by atoms with van der Waals surface area (Å²) in [5, 5.41) is 0. The molecule has 3 heterocycles. The number of hydrogen-bond donors (Lipinski definition) is 0. The second kappa shape index (κ2) is 5.31. The minimum absolute atomic E-state index is 0.197. The van der Waals surface area contributed by atoms with E-state index in [1.165, 1.54) is 16.8 Å². The lowest BCUT2D eigenvalue weighted by Crippen LogP contribution is -2.40. The van der Waals surface area contributed by atoms with Crippen molar-refractivity contribution in [3.8, 4) is 11.1 Å². The third-order valence-corrected chi connectivity index (χ3v) is 4.95. The van der Waals surface area contributed by atoms with Crippen molar-refractivity contribution in [1.29, 1.82) is 0 Å². The van der Waals surface area contributed by atoms with Gasteiger partial charge in [-0.05, 0) is 24.1 Å². The zero-order valence-corrected chi connectivity index (χ0v) is 14.0. The number of aryl methyl sites for hydroxylation is 1. The van der Waals surface area contributed by atoms with E-state index in [0.29, 0.717) is 5.92 Å². The fraction of sp³-hybridized carbons (Fsp3) is 0.474. The molecule has 0 aliphatic carbocycles. The highest BCUT2D eigenvalue weighted by molar-refractivity contribution is 5.73. The second-order valence-electron chi connectivity index (χ2n) is 7.42. The van der Waals surface area contributed by atoms with Crippen molar-refractivity contribution >= 4 is 5.69 Å². The second-order valence-corrected chi connectivity index (χ2v) is 7.42. The Labute approximate surface area is 137 Å². The lowest BCUT2D eigenvalue weighted by Gasteiger charge is -2.32. The van der Waals surface area contributed by atoms with Crippen LogP contribution in [0.5, 0.6) is 0 Å². The summed E-state index contributed by atoms with van der Waals surface area (Å²) >= 11 is 0. The van der Waals surface area contributed by atoms with E-state index in [0.717, 1.165) is 37.7 Å². The van der Waals surface area contributed by atoms with Crippen LogP contribution in [0.1, 0.15) is 25.2 Å². The van der Waals surface area contributed by atoms with E-state index in [1.54, 1.807) is 0 Å². The van der Waals surface area contributed by atoms with E-state index in [-0.39, 0.29) is 5.41 Å². The van der Waals surface area contributed by atoms with E-state index in [2.05, 4.69) is 46.9 Å². The average Bonchev–Trinajstić information content (AvgIpc) is 2.74. The van der Waals surface area contributed by atoms with Gasteiger partial charge in [0.05, 0.1) is 13.2 Å². The monoisotopic (exact) mass is 309 g/mol. The Morgan fingerprint density at radius 3 is 2.57 bits per heavy atom. The number of hydrogen-bond acceptors (Lipinski definition) is 4. The highest BCUT2D eigenvalue weighted by Gasteiger charge is 2.36. The van der Waals surface area contributed by atoms with Crippen LogP contribution in [-0.4, -0.2) is 36.3 Å². The zero-order chi connectivity index (χ0) is 16.0. The van der Waals surface area contributed by atoms with Crippen molar-refractivity contribution in [3.63, 3.8) is 0 Å². The Hall–Kier alpha value is -1.94. The van der Waals surface area contributed by atoms with E-state index >= 15 is 0 Å². The lowest BCUT2D eigenvalue weighted by atomic mass is 9.86. The van der Waals surface area contributed by atoms with Gasteiger partial charge in [0.15, 0.2) is 0 Å². The summed E-state index contributed by atoms with van der Waals surface area (Å²) < 4.78 is 5.35. The summed E-state index contributed by atoms with van der Waals surface area (Å²) in [4.78, 5) is 11.2. The highest BCUT2D eigenvalue weighted by Crippen LogP contribution is 2.42. The molecule has 0 N–H and O–H groups in total. The summed E-state index contributed by atoms with van der Waals surface area (Å²) in [6, 6.07) is 6.78. The van der Waals surface area contributed by atoms with Gasteiger partial charge in [-0.15, -0.1) is 0 Å². The standard InChI is InChI=1S/C19H23N3O/c1-13-20-7-16(8-21-13)15-4-5-17-18(6-15)22(12-19(17,2)3)9-14-10-23-11-14/h4-8,14H,9-12H2,1-3H3. The summed E-state index contributed by atoms with van der Waals surface area (Å²) in [5.41, 5.74) is 5.27. The predicted octanol–water partition coefficient (Wildman–Crippen LogP) is 3.20. The fourth-order valence-corrected chi connectivity index (χ4v) is 3.60. The van der Waals surface area contributed by atoms with Gasteiger partial charge in [0.25, 0.3) is 0 Å². The van der Waals surface area contributed by atoms with Crippen molar-refractivity contribution in [1.82, 2.24) is 9.97 Å². The normalized spacial score (nSPS) is 19.5. The average molecular weight is 309 g/mol. The summed E-state index contributed by atoms with van der Waals surface area (Å²) in [6.45, 7) is 10.5. The molecule has 2 aromatic rings. The number of benzene rings is 1. The summed E-state index contributed by atoms with van der Waals surface area (Å²) in [5.74, 6) is 1.48. The molecular weight excluding hydrogens is 286 g/mol. The maximum atomic E-state index is 5.35. The molecule has 2 aliphatic rings. The van der Waals surface area contributed by atoms with Crippen molar-refractivity contribution in [2.45, 2.75) is 26.2 Å². The minimum atomic E-state index is 0.197. The van der Waals surface area contributed by atoms with Crippen LogP contribution in [0.2, 0.25) is 0 Å². The SMILES string of the molecule is Cc1ncc(-c2ccc3c(c2)N(CC2COC2)CC3(C)C)cn1. The lowest BCUT2D eigenvalue weighted by molar-refractivity contribution is -0.0276. The predicted molar refractivity (Wildman–Crippen MR) is 91.8 cm³/mol. The summed E-state index contributed by atoms with van der Waals surface area (Å²) in [7, 11) is 0. The van der Waals surface area contributed by atoms with Crippen molar-refractivity contribution < 1.29 is 4.74 Å². The molecule has 0 bridgehead atoms. The number of rotatable bonds is 3. The van der Waals surface area contributed by atoms with E-state index in [9.17, 15) is 0 Å². The van der Waals surface area contributed by atoms with Crippen molar-refractivity contribution in [3.05, 3.63) is 42.0 Å². The highest BCUT2D eigenvalue weighted by atomic mass is 16.5.